The Bertz CT molecular complexity index is 133. The maximum atomic E-state index is 10.1. The van der Waals surface area contributed by atoms with Gasteiger partial charge in [-0.15, -0.1) is 0 Å². The van der Waals surface area contributed by atoms with Crippen LogP contribution in [0.2, 0.25) is 0 Å². The maximum absolute atomic E-state index is 10.1. The fraction of sp³-hybridized carbons (Fsp3) is 0.400. The Kier molecular flexibility index (Phi) is 3.96. The van der Waals surface area contributed by atoms with Gasteiger partial charge in [-0.05, 0) is 6.26 Å². The van der Waals surface area contributed by atoms with Crippen LogP contribution in [0, 0.1) is 0 Å². The number of rotatable bonds is 3. The standard InChI is InChI=1S/C5H10N2OS/c1-9-3-4(6)2-5(7)8/h2H,3,6H2,1H3,(H2,7,8). The zero-order valence-corrected chi connectivity index (χ0v) is 6.07. The van der Waals surface area contributed by atoms with Gasteiger partial charge in [-0.25, -0.2) is 0 Å². The molecule has 52 valence electrons. The van der Waals surface area contributed by atoms with E-state index in [4.69, 9.17) is 11.5 Å². The van der Waals surface area contributed by atoms with Crippen LogP contribution < -0.4 is 11.5 Å². The first-order chi connectivity index (χ1) is 4.16. The highest BCUT2D eigenvalue weighted by atomic mass is 32.2. The molecule has 0 aromatic carbocycles. The normalized spacial score (nSPS) is 11.4. The smallest absolute Gasteiger partial charge is 0.243 e. The van der Waals surface area contributed by atoms with Gasteiger partial charge in [0.2, 0.25) is 5.91 Å². The average Bonchev–Trinajstić information content (AvgIpc) is 1.63. The van der Waals surface area contributed by atoms with Crippen LogP contribution in [0.1, 0.15) is 0 Å². The maximum Gasteiger partial charge on any atom is 0.243 e. The summed E-state index contributed by atoms with van der Waals surface area (Å²) in [6, 6.07) is 0. The first-order valence-electron chi connectivity index (χ1n) is 2.41. The summed E-state index contributed by atoms with van der Waals surface area (Å²) in [5, 5.41) is 0. The highest BCUT2D eigenvalue weighted by Gasteiger charge is 1.89. The zero-order valence-electron chi connectivity index (χ0n) is 5.26. The van der Waals surface area contributed by atoms with Crippen LogP contribution >= 0.6 is 11.8 Å². The molecule has 0 unspecified atom stereocenters. The molecular formula is C5H10N2OS. The van der Waals surface area contributed by atoms with E-state index < -0.39 is 5.91 Å². The van der Waals surface area contributed by atoms with Crippen molar-refractivity contribution in [1.29, 1.82) is 0 Å². The van der Waals surface area contributed by atoms with Crippen LogP contribution in [0.3, 0.4) is 0 Å². The summed E-state index contributed by atoms with van der Waals surface area (Å²) in [7, 11) is 0. The van der Waals surface area contributed by atoms with Crippen molar-refractivity contribution in [2.24, 2.45) is 11.5 Å². The van der Waals surface area contributed by atoms with Gasteiger partial charge in [0, 0.05) is 17.5 Å². The predicted octanol–water partition coefficient (Wildman–Crippen LogP) is -0.323. The number of primary amides is 1. The van der Waals surface area contributed by atoms with Crippen molar-refractivity contribution < 1.29 is 4.79 Å². The van der Waals surface area contributed by atoms with E-state index in [0.29, 0.717) is 11.4 Å². The van der Waals surface area contributed by atoms with E-state index >= 15 is 0 Å². The minimum atomic E-state index is -0.485. The second kappa shape index (κ2) is 4.26. The van der Waals surface area contributed by atoms with Gasteiger partial charge in [0.05, 0.1) is 0 Å². The van der Waals surface area contributed by atoms with Gasteiger partial charge in [-0.2, -0.15) is 11.8 Å². The Labute approximate surface area is 58.5 Å². The van der Waals surface area contributed by atoms with Crippen LogP contribution in [-0.4, -0.2) is 17.9 Å². The molecule has 0 aromatic rings. The van der Waals surface area contributed by atoms with Gasteiger partial charge >= 0.3 is 0 Å². The van der Waals surface area contributed by atoms with E-state index in [9.17, 15) is 4.79 Å². The fourth-order valence-corrected chi connectivity index (χ4v) is 0.808. The van der Waals surface area contributed by atoms with Gasteiger partial charge < -0.3 is 11.5 Å². The lowest BCUT2D eigenvalue weighted by Gasteiger charge is -1.93. The zero-order chi connectivity index (χ0) is 7.28. The van der Waals surface area contributed by atoms with Gasteiger partial charge in [0.25, 0.3) is 0 Å². The Morgan fingerprint density at radius 1 is 1.67 bits per heavy atom. The molecule has 0 aliphatic heterocycles. The molecule has 0 heterocycles. The Hall–Kier alpha value is -0.640. The molecule has 0 fully saturated rings. The summed E-state index contributed by atoms with van der Waals surface area (Å²) in [5.41, 5.74) is 10.7. The van der Waals surface area contributed by atoms with Crippen LogP contribution in [0.15, 0.2) is 11.8 Å². The first kappa shape index (κ1) is 8.36. The molecular weight excluding hydrogens is 136 g/mol. The summed E-state index contributed by atoms with van der Waals surface area (Å²) in [6.07, 6.45) is 3.14. The van der Waals surface area contributed by atoms with Gasteiger partial charge in [0.1, 0.15) is 0 Å². The number of thioether (sulfide) groups is 1. The third-order valence-electron chi connectivity index (χ3n) is 0.639. The Balaban J connectivity index is 3.69. The largest absolute Gasteiger partial charge is 0.401 e. The summed E-state index contributed by atoms with van der Waals surface area (Å²) in [4.78, 5) is 10.1. The second-order valence-corrected chi connectivity index (χ2v) is 2.42. The second-order valence-electron chi connectivity index (χ2n) is 1.55. The third kappa shape index (κ3) is 5.23. The average molecular weight is 146 g/mol. The Morgan fingerprint density at radius 2 is 2.22 bits per heavy atom. The van der Waals surface area contributed by atoms with E-state index in [0.717, 1.165) is 0 Å². The summed E-state index contributed by atoms with van der Waals surface area (Å²) in [5.74, 6) is 0.171. The first-order valence-corrected chi connectivity index (χ1v) is 3.80. The van der Waals surface area contributed by atoms with Crippen LogP contribution in [-0.2, 0) is 4.79 Å². The molecule has 0 bridgehead atoms. The number of amides is 1. The van der Waals surface area contributed by atoms with Crippen LogP contribution in [0.4, 0.5) is 0 Å². The highest BCUT2D eigenvalue weighted by Crippen LogP contribution is 1.95. The quantitative estimate of drug-likeness (QED) is 0.536. The molecule has 4 N–H and O–H groups in total. The Morgan fingerprint density at radius 3 is 2.56 bits per heavy atom. The van der Waals surface area contributed by atoms with Crippen LogP contribution in [0.5, 0.6) is 0 Å². The van der Waals surface area contributed by atoms with Gasteiger partial charge in [0.15, 0.2) is 0 Å². The number of nitrogens with two attached hydrogens (primary N) is 2. The molecule has 0 radical (unpaired) electrons. The molecule has 4 heteroatoms. The van der Waals surface area contributed by atoms with E-state index in [1.807, 2.05) is 6.26 Å². The van der Waals surface area contributed by atoms with E-state index in [1.165, 1.54) is 6.08 Å². The van der Waals surface area contributed by atoms with Crippen molar-refractivity contribution in [3.8, 4) is 0 Å². The molecule has 0 spiro atoms. The van der Waals surface area contributed by atoms with Crippen molar-refractivity contribution in [2.75, 3.05) is 12.0 Å². The van der Waals surface area contributed by atoms with Crippen molar-refractivity contribution >= 4 is 17.7 Å². The highest BCUT2D eigenvalue weighted by molar-refractivity contribution is 7.98. The lowest BCUT2D eigenvalue weighted by molar-refractivity contribution is -0.113. The van der Waals surface area contributed by atoms with Gasteiger partial charge in [-0.1, -0.05) is 0 Å². The van der Waals surface area contributed by atoms with Crippen molar-refractivity contribution in [1.82, 2.24) is 0 Å². The summed E-state index contributed by atoms with van der Waals surface area (Å²) < 4.78 is 0. The lowest BCUT2D eigenvalue weighted by atomic mass is 10.4. The molecule has 0 aliphatic carbocycles. The summed E-state index contributed by atoms with van der Waals surface area (Å²) >= 11 is 1.55. The lowest BCUT2D eigenvalue weighted by Crippen LogP contribution is -2.11. The third-order valence-corrected chi connectivity index (χ3v) is 1.26. The minimum Gasteiger partial charge on any atom is -0.401 e. The van der Waals surface area contributed by atoms with Crippen molar-refractivity contribution in [3.05, 3.63) is 11.8 Å². The molecule has 0 aliphatic rings. The fourth-order valence-electron chi connectivity index (χ4n) is 0.391. The van der Waals surface area contributed by atoms with Crippen molar-refractivity contribution in [2.45, 2.75) is 0 Å². The van der Waals surface area contributed by atoms with Crippen LogP contribution in [0.25, 0.3) is 0 Å². The van der Waals surface area contributed by atoms with Gasteiger partial charge in [-0.3, -0.25) is 4.79 Å². The SMILES string of the molecule is CSCC(N)=CC(N)=O. The number of hydrogen-bond acceptors (Lipinski definition) is 3. The number of carbonyl (C=O) groups is 1. The summed E-state index contributed by atoms with van der Waals surface area (Å²) in [6.45, 7) is 0. The molecule has 1 amide bonds. The molecule has 3 nitrogen and oxygen atoms in total. The molecule has 0 saturated heterocycles. The molecule has 9 heavy (non-hydrogen) atoms. The molecule has 0 saturated carbocycles. The molecule has 0 aromatic heterocycles. The topological polar surface area (TPSA) is 69.1 Å². The van der Waals surface area contributed by atoms with E-state index in [2.05, 4.69) is 0 Å². The minimum absolute atomic E-state index is 0.485. The van der Waals surface area contributed by atoms with E-state index in [1.54, 1.807) is 11.8 Å². The van der Waals surface area contributed by atoms with Crippen molar-refractivity contribution in [3.63, 3.8) is 0 Å². The monoisotopic (exact) mass is 146 g/mol. The number of carbonyl (C=O) groups excluding carboxylic acids is 1. The molecule has 0 rings (SSSR count). The predicted molar refractivity (Wildman–Crippen MR) is 39.8 cm³/mol. The van der Waals surface area contributed by atoms with E-state index in [-0.39, 0.29) is 0 Å². The molecule has 0 atom stereocenters. The number of hydrogen-bond donors (Lipinski definition) is 2.